The first-order chi connectivity index (χ1) is 12.7. The monoisotopic (exact) mass is 365 g/mol. The van der Waals surface area contributed by atoms with E-state index in [9.17, 15) is 0 Å². The molecule has 0 saturated carbocycles. The SMILES string of the molecule is Cc1cccc(Nc2nc3nonc3nc2NN=Cc2cccs2)c1C. The smallest absolute Gasteiger partial charge is 0.245 e. The van der Waals surface area contributed by atoms with Crippen molar-refractivity contribution in [3.05, 3.63) is 51.7 Å². The van der Waals surface area contributed by atoms with E-state index in [1.807, 2.05) is 36.6 Å². The van der Waals surface area contributed by atoms with Crippen molar-refractivity contribution in [3.8, 4) is 0 Å². The topological polar surface area (TPSA) is 101 Å². The van der Waals surface area contributed by atoms with Crippen molar-refractivity contribution < 1.29 is 4.63 Å². The molecule has 0 fully saturated rings. The molecule has 0 unspecified atom stereocenters. The van der Waals surface area contributed by atoms with Gasteiger partial charge in [0.1, 0.15) is 0 Å². The number of hydrogen-bond acceptors (Lipinski definition) is 9. The number of nitrogens with zero attached hydrogens (tertiary/aromatic N) is 5. The summed E-state index contributed by atoms with van der Waals surface area (Å²) in [6.07, 6.45) is 1.72. The van der Waals surface area contributed by atoms with Crippen LogP contribution in [0.2, 0.25) is 0 Å². The molecule has 130 valence electrons. The number of rotatable bonds is 5. The molecule has 0 aliphatic heterocycles. The molecule has 0 spiro atoms. The Kier molecular flexibility index (Phi) is 4.28. The highest BCUT2D eigenvalue weighted by molar-refractivity contribution is 7.11. The fourth-order valence-electron chi connectivity index (χ4n) is 2.34. The lowest BCUT2D eigenvalue weighted by molar-refractivity contribution is 0.314. The maximum atomic E-state index is 4.71. The van der Waals surface area contributed by atoms with Gasteiger partial charge in [-0.05, 0) is 52.8 Å². The van der Waals surface area contributed by atoms with Gasteiger partial charge in [-0.25, -0.2) is 9.61 Å². The van der Waals surface area contributed by atoms with E-state index in [2.05, 4.69) is 49.1 Å². The van der Waals surface area contributed by atoms with E-state index in [0.29, 0.717) is 22.9 Å². The van der Waals surface area contributed by atoms with Gasteiger partial charge in [-0.1, -0.05) is 18.2 Å². The Morgan fingerprint density at radius 1 is 1.04 bits per heavy atom. The van der Waals surface area contributed by atoms with E-state index in [1.54, 1.807) is 17.6 Å². The molecule has 9 heteroatoms. The van der Waals surface area contributed by atoms with Gasteiger partial charge in [0, 0.05) is 10.6 Å². The minimum Gasteiger partial charge on any atom is -0.337 e. The van der Waals surface area contributed by atoms with Gasteiger partial charge in [0.25, 0.3) is 0 Å². The zero-order chi connectivity index (χ0) is 17.9. The number of hydrazone groups is 1. The molecule has 8 nitrogen and oxygen atoms in total. The van der Waals surface area contributed by atoms with Crippen molar-refractivity contribution in [3.63, 3.8) is 0 Å². The van der Waals surface area contributed by atoms with Gasteiger partial charge in [0.2, 0.25) is 11.3 Å². The van der Waals surface area contributed by atoms with Crippen LogP contribution in [0.15, 0.2) is 45.4 Å². The second-order valence-corrected chi connectivity index (χ2v) is 6.57. The molecule has 0 bridgehead atoms. The average molecular weight is 365 g/mol. The van der Waals surface area contributed by atoms with Crippen LogP contribution in [0.4, 0.5) is 17.3 Å². The van der Waals surface area contributed by atoms with Crippen LogP contribution in [0, 0.1) is 13.8 Å². The summed E-state index contributed by atoms with van der Waals surface area (Å²) in [5.41, 5.74) is 6.79. The van der Waals surface area contributed by atoms with Gasteiger partial charge in [0.15, 0.2) is 11.6 Å². The molecule has 26 heavy (non-hydrogen) atoms. The first kappa shape index (κ1) is 16.2. The van der Waals surface area contributed by atoms with Crippen LogP contribution in [0.25, 0.3) is 11.3 Å². The predicted octanol–water partition coefficient (Wildman–Crippen LogP) is 3.88. The predicted molar refractivity (Wildman–Crippen MR) is 102 cm³/mol. The van der Waals surface area contributed by atoms with Gasteiger partial charge in [-0.15, -0.1) is 11.3 Å². The van der Waals surface area contributed by atoms with Crippen LogP contribution in [0.5, 0.6) is 0 Å². The molecule has 4 rings (SSSR count). The summed E-state index contributed by atoms with van der Waals surface area (Å²) in [7, 11) is 0. The van der Waals surface area contributed by atoms with Crippen molar-refractivity contribution in [1.82, 2.24) is 20.3 Å². The van der Waals surface area contributed by atoms with E-state index in [4.69, 9.17) is 4.63 Å². The van der Waals surface area contributed by atoms with Crippen molar-refractivity contribution in [2.45, 2.75) is 13.8 Å². The van der Waals surface area contributed by atoms with Gasteiger partial charge in [-0.2, -0.15) is 10.1 Å². The molecule has 1 aromatic carbocycles. The summed E-state index contributed by atoms with van der Waals surface area (Å²) in [5.74, 6) is 0.923. The van der Waals surface area contributed by atoms with Crippen LogP contribution in [0.3, 0.4) is 0 Å². The van der Waals surface area contributed by atoms with Crippen molar-refractivity contribution >= 4 is 46.2 Å². The summed E-state index contributed by atoms with van der Waals surface area (Å²) in [5, 5.41) is 17.0. The largest absolute Gasteiger partial charge is 0.337 e. The molecule has 3 heterocycles. The highest BCUT2D eigenvalue weighted by Gasteiger charge is 2.13. The highest BCUT2D eigenvalue weighted by atomic mass is 32.1. The minimum atomic E-state index is 0.310. The van der Waals surface area contributed by atoms with Crippen LogP contribution in [0.1, 0.15) is 16.0 Å². The van der Waals surface area contributed by atoms with Crippen LogP contribution in [-0.4, -0.2) is 26.5 Å². The molecule has 3 aromatic heterocycles. The lowest BCUT2D eigenvalue weighted by Crippen LogP contribution is -2.04. The molecular weight excluding hydrogens is 350 g/mol. The van der Waals surface area contributed by atoms with E-state index in [0.717, 1.165) is 16.1 Å². The van der Waals surface area contributed by atoms with Crippen LogP contribution >= 0.6 is 11.3 Å². The Hall–Kier alpha value is -3.33. The average Bonchev–Trinajstić information content (AvgIpc) is 3.30. The maximum Gasteiger partial charge on any atom is 0.245 e. The summed E-state index contributed by atoms with van der Waals surface area (Å²) in [6.45, 7) is 4.10. The van der Waals surface area contributed by atoms with Crippen molar-refractivity contribution in [2.75, 3.05) is 10.7 Å². The third-order valence-electron chi connectivity index (χ3n) is 3.88. The van der Waals surface area contributed by atoms with Gasteiger partial charge >= 0.3 is 0 Å². The number of anilines is 3. The lowest BCUT2D eigenvalue weighted by Gasteiger charge is -2.12. The quantitative estimate of drug-likeness (QED) is 0.409. The third-order valence-corrected chi connectivity index (χ3v) is 4.68. The Morgan fingerprint density at radius 2 is 1.85 bits per heavy atom. The summed E-state index contributed by atoms with van der Waals surface area (Å²) < 4.78 is 4.71. The molecule has 0 aliphatic rings. The second-order valence-electron chi connectivity index (χ2n) is 5.59. The number of fused-ring (bicyclic) bond motifs is 1. The van der Waals surface area contributed by atoms with Crippen molar-refractivity contribution in [1.29, 1.82) is 0 Å². The Morgan fingerprint density at radius 3 is 2.62 bits per heavy atom. The molecular formula is C17H15N7OS. The zero-order valence-corrected chi connectivity index (χ0v) is 14.9. The first-order valence-electron chi connectivity index (χ1n) is 7.87. The maximum absolute atomic E-state index is 4.71. The summed E-state index contributed by atoms with van der Waals surface area (Å²) in [4.78, 5) is 9.86. The lowest BCUT2D eigenvalue weighted by atomic mass is 10.1. The van der Waals surface area contributed by atoms with Crippen LogP contribution < -0.4 is 10.7 Å². The number of aromatic nitrogens is 4. The van der Waals surface area contributed by atoms with E-state index < -0.39 is 0 Å². The van der Waals surface area contributed by atoms with E-state index in [1.165, 1.54) is 5.56 Å². The van der Waals surface area contributed by atoms with Gasteiger partial charge in [-0.3, -0.25) is 5.43 Å². The Bertz CT molecular complexity index is 1070. The first-order valence-corrected chi connectivity index (χ1v) is 8.75. The standard InChI is InChI=1S/C17H15N7OS/c1-10-5-3-7-13(11(10)2)19-14-15(21-17-16(20-14)23-25-24-17)22-18-9-12-6-4-8-26-12/h3-9H,1-2H3,(H,19,20,23)(H,21,22,24). The minimum absolute atomic E-state index is 0.310. The van der Waals surface area contributed by atoms with Crippen LogP contribution in [-0.2, 0) is 0 Å². The summed E-state index contributed by atoms with van der Waals surface area (Å²) in [6, 6.07) is 9.96. The van der Waals surface area contributed by atoms with E-state index in [-0.39, 0.29) is 0 Å². The van der Waals surface area contributed by atoms with Gasteiger partial charge < -0.3 is 5.32 Å². The van der Waals surface area contributed by atoms with E-state index >= 15 is 0 Å². The molecule has 4 aromatic rings. The molecule has 0 atom stereocenters. The zero-order valence-electron chi connectivity index (χ0n) is 14.1. The number of thiophene rings is 1. The fraction of sp³-hybridized carbons (Fsp3) is 0.118. The number of aryl methyl sites for hydroxylation is 1. The second kappa shape index (κ2) is 6.89. The Balaban J connectivity index is 1.68. The van der Waals surface area contributed by atoms with Crippen molar-refractivity contribution in [2.24, 2.45) is 5.10 Å². The molecule has 2 N–H and O–H groups in total. The third kappa shape index (κ3) is 3.24. The number of benzene rings is 1. The molecule has 0 aliphatic carbocycles. The van der Waals surface area contributed by atoms with Gasteiger partial charge in [0.05, 0.1) is 6.21 Å². The normalized spacial score (nSPS) is 11.3. The number of nitrogens with one attached hydrogen (secondary N) is 2. The Labute approximate surface area is 153 Å². The highest BCUT2D eigenvalue weighted by Crippen LogP contribution is 2.27. The molecule has 0 saturated heterocycles. The molecule has 0 amide bonds. The molecule has 0 radical (unpaired) electrons. The fourth-order valence-corrected chi connectivity index (χ4v) is 2.92. The number of hydrogen-bond donors (Lipinski definition) is 2. The summed E-state index contributed by atoms with van der Waals surface area (Å²) >= 11 is 1.59.